The number of carbonyl (C=O) groups is 1. The smallest absolute Gasteiger partial charge is 0.416 e. The Morgan fingerprint density at radius 3 is 2.46 bits per heavy atom. The van der Waals surface area contributed by atoms with Crippen molar-refractivity contribution in [2.24, 2.45) is 0 Å². The summed E-state index contributed by atoms with van der Waals surface area (Å²) in [6.07, 6.45) is -4.20. The molecule has 37 heavy (non-hydrogen) atoms. The van der Waals surface area contributed by atoms with E-state index in [1.54, 1.807) is 25.3 Å². The number of methoxy groups -OCH3 is 1. The fourth-order valence-corrected chi connectivity index (χ4v) is 4.64. The number of cyclic esters (lactones) is 1. The van der Waals surface area contributed by atoms with Crippen LogP contribution in [0, 0.1) is 12.7 Å². The number of pyridine rings is 1. The molecule has 1 saturated heterocycles. The number of ether oxygens (including phenoxy) is 2. The number of aryl methyl sites for hydroxylation is 1. The van der Waals surface area contributed by atoms with Crippen LogP contribution in [0.3, 0.4) is 0 Å². The van der Waals surface area contributed by atoms with Crippen molar-refractivity contribution in [1.82, 2.24) is 9.88 Å². The van der Waals surface area contributed by atoms with E-state index in [9.17, 15) is 22.4 Å². The van der Waals surface area contributed by atoms with E-state index in [0.29, 0.717) is 16.7 Å². The highest BCUT2D eigenvalue weighted by Crippen LogP contribution is 2.41. The van der Waals surface area contributed by atoms with Crippen LogP contribution < -0.4 is 4.74 Å². The number of nitrogens with zero attached hydrogens (tertiary/aromatic N) is 2. The fourth-order valence-electron chi connectivity index (χ4n) is 4.64. The van der Waals surface area contributed by atoms with Crippen LogP contribution in [0.4, 0.5) is 22.4 Å². The summed E-state index contributed by atoms with van der Waals surface area (Å²) >= 11 is 0. The van der Waals surface area contributed by atoms with Crippen molar-refractivity contribution in [3.63, 3.8) is 0 Å². The van der Waals surface area contributed by atoms with Gasteiger partial charge in [0.15, 0.2) is 0 Å². The van der Waals surface area contributed by atoms with E-state index in [-0.39, 0.29) is 23.8 Å². The molecule has 4 rings (SSSR count). The van der Waals surface area contributed by atoms with E-state index in [4.69, 9.17) is 9.47 Å². The van der Waals surface area contributed by atoms with Crippen molar-refractivity contribution in [2.75, 3.05) is 7.11 Å². The summed E-state index contributed by atoms with van der Waals surface area (Å²) in [5.41, 5.74) is 2.16. The Morgan fingerprint density at radius 2 is 1.84 bits per heavy atom. The van der Waals surface area contributed by atoms with Crippen LogP contribution in [0.15, 0.2) is 48.7 Å². The van der Waals surface area contributed by atoms with Gasteiger partial charge < -0.3 is 9.47 Å². The molecule has 1 amide bonds. The largest absolute Gasteiger partial charge is 0.496 e. The molecule has 0 spiro atoms. The van der Waals surface area contributed by atoms with Gasteiger partial charge in [-0.3, -0.25) is 9.88 Å². The molecule has 2 atom stereocenters. The molecule has 3 aromatic rings. The number of alkyl halides is 3. The van der Waals surface area contributed by atoms with Crippen LogP contribution in [0.2, 0.25) is 0 Å². The monoisotopic (exact) mass is 516 g/mol. The van der Waals surface area contributed by atoms with Crippen molar-refractivity contribution in [2.45, 2.75) is 58.5 Å². The number of hydrogen-bond donors (Lipinski definition) is 0. The average Bonchev–Trinajstić information content (AvgIpc) is 3.11. The van der Waals surface area contributed by atoms with Gasteiger partial charge in [0, 0.05) is 23.5 Å². The zero-order chi connectivity index (χ0) is 27.1. The van der Waals surface area contributed by atoms with Crippen LogP contribution in [-0.2, 0) is 17.5 Å². The summed E-state index contributed by atoms with van der Waals surface area (Å²) in [7, 11) is 1.37. The van der Waals surface area contributed by atoms with Crippen molar-refractivity contribution in [3.8, 4) is 16.9 Å². The first-order chi connectivity index (χ1) is 17.4. The lowest BCUT2D eigenvalue weighted by Crippen LogP contribution is -2.31. The Balaban J connectivity index is 1.80. The third-order valence-corrected chi connectivity index (χ3v) is 6.65. The molecule has 0 radical (unpaired) electrons. The second-order valence-corrected chi connectivity index (χ2v) is 9.50. The zero-order valence-electron chi connectivity index (χ0n) is 21.2. The molecule has 0 bridgehead atoms. The number of hydrogen-bond acceptors (Lipinski definition) is 4. The number of aromatic nitrogens is 1. The van der Waals surface area contributed by atoms with Crippen molar-refractivity contribution in [1.29, 1.82) is 0 Å². The van der Waals surface area contributed by atoms with Crippen LogP contribution in [0.5, 0.6) is 5.75 Å². The van der Waals surface area contributed by atoms with E-state index < -0.39 is 35.8 Å². The summed E-state index contributed by atoms with van der Waals surface area (Å²) in [5, 5.41) is 0. The molecule has 5 nitrogen and oxygen atoms in total. The van der Waals surface area contributed by atoms with Gasteiger partial charge in [0.05, 0.1) is 25.3 Å². The Morgan fingerprint density at radius 1 is 1.11 bits per heavy atom. The quantitative estimate of drug-likeness (QED) is 0.320. The number of benzene rings is 2. The van der Waals surface area contributed by atoms with Crippen LogP contribution in [0.1, 0.15) is 60.7 Å². The maximum atomic E-state index is 14.7. The predicted molar refractivity (Wildman–Crippen MR) is 131 cm³/mol. The van der Waals surface area contributed by atoms with Crippen LogP contribution in [-0.4, -0.2) is 29.1 Å². The highest BCUT2D eigenvalue weighted by molar-refractivity contribution is 5.76. The summed E-state index contributed by atoms with van der Waals surface area (Å²) < 4.78 is 66.7. The van der Waals surface area contributed by atoms with Gasteiger partial charge in [-0.15, -0.1) is 0 Å². The van der Waals surface area contributed by atoms with Gasteiger partial charge in [-0.05, 0) is 72.4 Å². The number of carbonyl (C=O) groups excluding carboxylic acids is 1. The van der Waals surface area contributed by atoms with Crippen molar-refractivity contribution < 1.29 is 31.8 Å². The van der Waals surface area contributed by atoms with Gasteiger partial charge in [0.1, 0.15) is 17.7 Å². The van der Waals surface area contributed by atoms with Crippen molar-refractivity contribution in [3.05, 3.63) is 82.4 Å². The molecule has 0 N–H and O–H groups in total. The number of amides is 1. The lowest BCUT2D eigenvalue weighted by molar-refractivity contribution is -0.137. The minimum absolute atomic E-state index is 0.142. The predicted octanol–water partition coefficient (Wildman–Crippen LogP) is 7.43. The third-order valence-electron chi connectivity index (χ3n) is 6.65. The molecule has 0 saturated carbocycles. The standard InChI is InChI=1S/C28H28F4N2O3/c1-15(2)22-12-23(25(36-5)13-24(22)29)21-7-6-20(28(30,31)32)11-19(21)14-34-17(4)26(37-27(34)35)18-8-9-33-16(3)10-18/h6-13,15,17,26H,14H2,1-5H3/t17-,26+/m1/s1. The normalized spacial score (nSPS) is 17.9. The first-order valence-electron chi connectivity index (χ1n) is 11.9. The Labute approximate surface area is 213 Å². The number of halogens is 4. The first-order valence-corrected chi connectivity index (χ1v) is 11.9. The summed E-state index contributed by atoms with van der Waals surface area (Å²) in [6.45, 7) is 7.11. The molecule has 0 unspecified atom stereocenters. The van der Waals surface area contributed by atoms with E-state index >= 15 is 0 Å². The highest BCUT2D eigenvalue weighted by Gasteiger charge is 2.40. The fraction of sp³-hybridized carbons (Fsp3) is 0.357. The maximum Gasteiger partial charge on any atom is 0.416 e. The second-order valence-electron chi connectivity index (χ2n) is 9.50. The van der Waals surface area contributed by atoms with Gasteiger partial charge in [-0.2, -0.15) is 13.2 Å². The van der Waals surface area contributed by atoms with Gasteiger partial charge in [0.25, 0.3) is 0 Å². The lowest BCUT2D eigenvalue weighted by Gasteiger charge is -2.24. The molecule has 196 valence electrons. The molecular formula is C28H28F4N2O3. The molecule has 2 heterocycles. The van der Waals surface area contributed by atoms with E-state index in [0.717, 1.165) is 23.4 Å². The molecule has 9 heteroatoms. The summed E-state index contributed by atoms with van der Waals surface area (Å²) in [4.78, 5) is 18.5. The molecule has 1 aliphatic rings. The van der Waals surface area contributed by atoms with Gasteiger partial charge >= 0.3 is 12.3 Å². The minimum atomic E-state index is -4.59. The van der Waals surface area contributed by atoms with E-state index in [2.05, 4.69) is 4.98 Å². The highest BCUT2D eigenvalue weighted by atomic mass is 19.4. The summed E-state index contributed by atoms with van der Waals surface area (Å²) in [6, 6.07) is 9.27. The SMILES string of the molecule is COc1cc(F)c(C(C)C)cc1-c1ccc(C(F)(F)F)cc1CN1C(=O)O[C@H](c2ccnc(C)c2)[C@H]1C. The van der Waals surface area contributed by atoms with Gasteiger partial charge in [0.2, 0.25) is 0 Å². The average molecular weight is 517 g/mol. The van der Waals surface area contributed by atoms with E-state index in [1.165, 1.54) is 24.1 Å². The lowest BCUT2D eigenvalue weighted by atomic mass is 9.92. The second kappa shape index (κ2) is 10.0. The van der Waals surface area contributed by atoms with Gasteiger partial charge in [-0.25, -0.2) is 9.18 Å². The Bertz CT molecular complexity index is 1320. The Hall–Kier alpha value is -3.62. The maximum absolute atomic E-state index is 14.7. The zero-order valence-corrected chi connectivity index (χ0v) is 21.2. The number of rotatable bonds is 6. The molecule has 1 aliphatic heterocycles. The van der Waals surface area contributed by atoms with Crippen LogP contribution >= 0.6 is 0 Å². The molecule has 0 aliphatic carbocycles. The van der Waals surface area contributed by atoms with E-state index in [1.807, 2.05) is 26.8 Å². The van der Waals surface area contributed by atoms with Gasteiger partial charge in [-0.1, -0.05) is 19.9 Å². The molecule has 1 fully saturated rings. The molecule has 2 aromatic carbocycles. The topological polar surface area (TPSA) is 51.7 Å². The molecular weight excluding hydrogens is 488 g/mol. The Kier molecular flexibility index (Phi) is 7.17. The molecule has 1 aromatic heterocycles. The first kappa shape index (κ1) is 26.4. The van der Waals surface area contributed by atoms with Crippen molar-refractivity contribution >= 4 is 6.09 Å². The summed E-state index contributed by atoms with van der Waals surface area (Å²) in [5.74, 6) is -0.443. The third kappa shape index (κ3) is 5.26. The van der Waals surface area contributed by atoms with Crippen LogP contribution in [0.25, 0.3) is 11.1 Å². The minimum Gasteiger partial charge on any atom is -0.496 e.